The van der Waals surface area contributed by atoms with Crippen LogP contribution < -0.4 is 4.74 Å². The number of benzene rings is 2. The normalized spacial score (nSPS) is 10.8. The molecule has 0 aliphatic rings. The Balaban J connectivity index is 0.000000331. The summed E-state index contributed by atoms with van der Waals surface area (Å²) in [6.07, 6.45) is 13.9. The maximum Gasteiger partial charge on any atom is 0.339 e. The summed E-state index contributed by atoms with van der Waals surface area (Å²) in [5, 5.41) is 27.5. The summed E-state index contributed by atoms with van der Waals surface area (Å²) in [4.78, 5) is 21.7. The van der Waals surface area contributed by atoms with Gasteiger partial charge in [-0.1, -0.05) is 63.5 Å². The van der Waals surface area contributed by atoms with Gasteiger partial charge in [-0.2, -0.15) is 0 Å². The molecule has 33 heavy (non-hydrogen) atoms. The zero-order chi connectivity index (χ0) is 24.6. The van der Waals surface area contributed by atoms with E-state index in [9.17, 15) is 14.7 Å². The van der Waals surface area contributed by atoms with Gasteiger partial charge in [-0.05, 0) is 61.6 Å². The predicted molar refractivity (Wildman–Crippen MR) is 131 cm³/mol. The standard InChI is InChI=1S/C14H18O3.C13H16O3/c1-3-4-5-6-7-11-8-9-12(14(16)17)13(15)10(11)2;1-2-3-4-7-10-16-12-9-6-5-8-11(12)13(14)15/h6-9,15H,3-5H2,1-2H3,(H,16,17);5-10H,2-4H2,1H3,(H,14,15)/b7-6-;. The minimum absolute atomic E-state index is 0.0480. The van der Waals surface area contributed by atoms with Crippen molar-refractivity contribution < 1.29 is 29.6 Å². The molecule has 0 aromatic heterocycles. The minimum atomic E-state index is -1.10. The molecule has 0 atom stereocenters. The van der Waals surface area contributed by atoms with Crippen molar-refractivity contribution in [2.45, 2.75) is 59.3 Å². The van der Waals surface area contributed by atoms with Crippen LogP contribution in [0.1, 0.15) is 84.2 Å². The van der Waals surface area contributed by atoms with Gasteiger partial charge in [0.15, 0.2) is 0 Å². The molecule has 0 heterocycles. The molecule has 2 aromatic carbocycles. The Morgan fingerprint density at radius 3 is 2.09 bits per heavy atom. The van der Waals surface area contributed by atoms with Crippen molar-refractivity contribution in [3.63, 3.8) is 0 Å². The molecule has 0 bridgehead atoms. The molecule has 0 unspecified atom stereocenters. The van der Waals surface area contributed by atoms with E-state index in [0.29, 0.717) is 11.3 Å². The van der Waals surface area contributed by atoms with Crippen LogP contribution in [0, 0.1) is 6.92 Å². The highest BCUT2D eigenvalue weighted by atomic mass is 16.5. The fraction of sp³-hybridized carbons (Fsp3) is 0.333. The molecule has 0 amide bonds. The summed E-state index contributed by atoms with van der Waals surface area (Å²) >= 11 is 0. The molecule has 0 radical (unpaired) electrons. The average molecular weight is 455 g/mol. The van der Waals surface area contributed by atoms with Crippen LogP contribution in [0.2, 0.25) is 0 Å². The Labute approximate surface area is 195 Å². The van der Waals surface area contributed by atoms with E-state index >= 15 is 0 Å². The molecule has 3 N–H and O–H groups in total. The van der Waals surface area contributed by atoms with Crippen LogP contribution in [0.5, 0.6) is 11.5 Å². The van der Waals surface area contributed by atoms with Crippen molar-refractivity contribution in [2.24, 2.45) is 0 Å². The molecule has 0 aliphatic carbocycles. The van der Waals surface area contributed by atoms with E-state index in [1.54, 1.807) is 37.5 Å². The van der Waals surface area contributed by atoms with Gasteiger partial charge in [0.1, 0.15) is 22.6 Å². The van der Waals surface area contributed by atoms with E-state index in [-0.39, 0.29) is 16.9 Å². The third-order valence-electron chi connectivity index (χ3n) is 4.86. The molecule has 2 aromatic rings. The number of hydrogen-bond donors (Lipinski definition) is 3. The van der Waals surface area contributed by atoms with Crippen LogP contribution in [-0.4, -0.2) is 27.3 Å². The van der Waals surface area contributed by atoms with Gasteiger partial charge in [-0.3, -0.25) is 0 Å². The van der Waals surface area contributed by atoms with E-state index < -0.39 is 11.9 Å². The minimum Gasteiger partial charge on any atom is -0.507 e. The number of ether oxygens (including phenoxy) is 1. The maximum absolute atomic E-state index is 10.9. The second kappa shape index (κ2) is 15.3. The van der Waals surface area contributed by atoms with Crippen LogP contribution in [0.3, 0.4) is 0 Å². The molecule has 2 rings (SSSR count). The molecule has 0 spiro atoms. The van der Waals surface area contributed by atoms with Crippen LogP contribution in [-0.2, 0) is 0 Å². The van der Waals surface area contributed by atoms with Crippen molar-refractivity contribution in [1.29, 1.82) is 0 Å². The Morgan fingerprint density at radius 1 is 0.879 bits per heavy atom. The van der Waals surface area contributed by atoms with E-state index in [2.05, 4.69) is 13.8 Å². The number of unbranched alkanes of at least 4 members (excludes halogenated alkanes) is 4. The summed E-state index contributed by atoms with van der Waals surface area (Å²) in [5.74, 6) is -1.84. The van der Waals surface area contributed by atoms with Gasteiger partial charge in [-0.15, -0.1) is 0 Å². The highest BCUT2D eigenvalue weighted by Crippen LogP contribution is 2.26. The lowest BCUT2D eigenvalue weighted by molar-refractivity contribution is 0.0682. The van der Waals surface area contributed by atoms with Crippen molar-refractivity contribution in [3.05, 3.63) is 77.1 Å². The lowest BCUT2D eigenvalue weighted by atomic mass is 10.0. The first-order chi connectivity index (χ1) is 15.8. The third-order valence-corrected chi connectivity index (χ3v) is 4.86. The summed E-state index contributed by atoms with van der Waals surface area (Å²) in [7, 11) is 0. The molecule has 6 nitrogen and oxygen atoms in total. The fourth-order valence-electron chi connectivity index (χ4n) is 2.86. The van der Waals surface area contributed by atoms with Gasteiger partial charge in [0.05, 0.1) is 6.26 Å². The first kappa shape index (κ1) is 27.5. The number of carboxylic acids is 2. The Kier molecular flexibility index (Phi) is 12.7. The number of phenols is 1. The molecule has 0 fully saturated rings. The van der Waals surface area contributed by atoms with E-state index in [0.717, 1.165) is 44.1 Å². The van der Waals surface area contributed by atoms with E-state index in [1.807, 2.05) is 18.2 Å². The second-order valence-corrected chi connectivity index (χ2v) is 7.46. The van der Waals surface area contributed by atoms with Crippen LogP contribution >= 0.6 is 0 Å². The largest absolute Gasteiger partial charge is 0.507 e. The van der Waals surface area contributed by atoms with Crippen LogP contribution in [0.15, 0.2) is 54.8 Å². The average Bonchev–Trinajstić information content (AvgIpc) is 2.79. The number of allylic oxidation sites excluding steroid dienone is 2. The molecular formula is C27H34O6. The zero-order valence-corrected chi connectivity index (χ0v) is 19.6. The zero-order valence-electron chi connectivity index (χ0n) is 19.6. The number of rotatable bonds is 11. The van der Waals surface area contributed by atoms with Gasteiger partial charge in [-0.25, -0.2) is 9.59 Å². The first-order valence-electron chi connectivity index (χ1n) is 11.2. The van der Waals surface area contributed by atoms with Crippen molar-refractivity contribution >= 4 is 18.0 Å². The Bertz CT molecular complexity index is 959. The highest BCUT2D eigenvalue weighted by Gasteiger charge is 2.12. The summed E-state index contributed by atoms with van der Waals surface area (Å²) in [6.45, 7) is 5.97. The van der Waals surface area contributed by atoms with Crippen molar-refractivity contribution in [1.82, 2.24) is 0 Å². The van der Waals surface area contributed by atoms with Crippen molar-refractivity contribution in [2.75, 3.05) is 0 Å². The molecule has 0 saturated carbocycles. The number of aromatic hydroxyl groups is 1. The summed E-state index contributed by atoms with van der Waals surface area (Å²) in [5.41, 5.74) is 1.61. The maximum atomic E-state index is 10.9. The number of carboxylic acid groups (broad SMARTS) is 2. The fourth-order valence-corrected chi connectivity index (χ4v) is 2.86. The number of hydrogen-bond acceptors (Lipinski definition) is 4. The highest BCUT2D eigenvalue weighted by molar-refractivity contribution is 5.92. The Hall–Kier alpha value is -3.54. The molecular weight excluding hydrogens is 420 g/mol. The topological polar surface area (TPSA) is 104 Å². The van der Waals surface area contributed by atoms with Gasteiger partial charge in [0, 0.05) is 0 Å². The van der Waals surface area contributed by atoms with Crippen LogP contribution in [0.4, 0.5) is 0 Å². The number of carbonyl (C=O) groups is 2. The lowest BCUT2D eigenvalue weighted by Crippen LogP contribution is -1.99. The predicted octanol–water partition coefficient (Wildman–Crippen LogP) is 7.07. The van der Waals surface area contributed by atoms with Crippen LogP contribution in [0.25, 0.3) is 6.08 Å². The smallest absolute Gasteiger partial charge is 0.339 e. The second-order valence-electron chi connectivity index (χ2n) is 7.46. The molecule has 0 saturated heterocycles. The monoisotopic (exact) mass is 454 g/mol. The number of para-hydroxylation sites is 1. The van der Waals surface area contributed by atoms with E-state index in [4.69, 9.17) is 14.9 Å². The van der Waals surface area contributed by atoms with Gasteiger partial charge in [0.2, 0.25) is 0 Å². The third kappa shape index (κ3) is 9.64. The van der Waals surface area contributed by atoms with E-state index in [1.165, 1.54) is 12.1 Å². The lowest BCUT2D eigenvalue weighted by Gasteiger charge is -2.06. The number of aromatic carboxylic acids is 2. The Morgan fingerprint density at radius 2 is 1.48 bits per heavy atom. The summed E-state index contributed by atoms with van der Waals surface area (Å²) < 4.78 is 5.28. The first-order valence-corrected chi connectivity index (χ1v) is 11.2. The SMILES string of the molecule is CCCC/C=C\c1ccc(C(=O)O)c(O)c1C.CCCCC=COc1ccccc1C(=O)O. The van der Waals surface area contributed by atoms with Gasteiger partial charge in [0.25, 0.3) is 0 Å². The van der Waals surface area contributed by atoms with Gasteiger partial charge < -0.3 is 20.1 Å². The molecule has 0 aliphatic heterocycles. The summed E-state index contributed by atoms with van der Waals surface area (Å²) in [6, 6.07) is 9.76. The molecule has 6 heteroatoms. The quantitative estimate of drug-likeness (QED) is 0.248. The van der Waals surface area contributed by atoms with Crippen molar-refractivity contribution in [3.8, 4) is 11.5 Å². The molecule has 178 valence electrons. The van der Waals surface area contributed by atoms with Gasteiger partial charge >= 0.3 is 11.9 Å².